The molecule has 1 aromatic rings. The SMILES string of the molecule is Cl.Fc1ccc(C2CCCN(CC3CCNCC3)CC2)cc1. The minimum Gasteiger partial charge on any atom is -0.317 e. The van der Waals surface area contributed by atoms with Gasteiger partial charge in [0.05, 0.1) is 0 Å². The molecule has 2 fully saturated rings. The van der Waals surface area contributed by atoms with Crippen LogP contribution in [-0.2, 0) is 0 Å². The second kappa shape index (κ2) is 8.85. The number of hydrogen-bond acceptors (Lipinski definition) is 2. The van der Waals surface area contributed by atoms with E-state index in [-0.39, 0.29) is 18.2 Å². The fraction of sp³-hybridized carbons (Fsp3) is 0.667. The van der Waals surface area contributed by atoms with Gasteiger partial charge >= 0.3 is 0 Å². The largest absolute Gasteiger partial charge is 0.317 e. The van der Waals surface area contributed by atoms with E-state index in [9.17, 15) is 4.39 Å². The zero-order valence-corrected chi connectivity index (χ0v) is 14.1. The summed E-state index contributed by atoms with van der Waals surface area (Å²) in [6.45, 7) is 6.10. The van der Waals surface area contributed by atoms with Crippen molar-refractivity contribution in [1.82, 2.24) is 10.2 Å². The molecule has 2 nitrogen and oxygen atoms in total. The molecule has 1 aromatic carbocycles. The molecular weight excluding hydrogens is 299 g/mol. The summed E-state index contributed by atoms with van der Waals surface area (Å²) >= 11 is 0. The highest BCUT2D eigenvalue weighted by atomic mass is 35.5. The molecule has 1 N–H and O–H groups in total. The van der Waals surface area contributed by atoms with E-state index in [1.54, 1.807) is 12.1 Å². The predicted molar refractivity (Wildman–Crippen MR) is 92.3 cm³/mol. The average molecular weight is 327 g/mol. The van der Waals surface area contributed by atoms with Crippen LogP contribution in [0.25, 0.3) is 0 Å². The average Bonchev–Trinajstić information content (AvgIpc) is 2.75. The fourth-order valence-electron chi connectivity index (χ4n) is 3.84. The highest BCUT2D eigenvalue weighted by Crippen LogP contribution is 2.28. The molecule has 2 saturated heterocycles. The van der Waals surface area contributed by atoms with Crippen LogP contribution in [0.15, 0.2) is 24.3 Å². The van der Waals surface area contributed by atoms with Crippen LogP contribution >= 0.6 is 12.4 Å². The van der Waals surface area contributed by atoms with Crippen LogP contribution in [0, 0.1) is 11.7 Å². The van der Waals surface area contributed by atoms with Crippen LogP contribution in [0.1, 0.15) is 43.6 Å². The van der Waals surface area contributed by atoms with Gasteiger partial charge in [-0.25, -0.2) is 4.39 Å². The van der Waals surface area contributed by atoms with E-state index < -0.39 is 0 Å². The highest BCUT2D eigenvalue weighted by Gasteiger charge is 2.21. The maximum absolute atomic E-state index is 13.0. The minimum atomic E-state index is -0.125. The second-order valence-corrected chi connectivity index (χ2v) is 6.67. The van der Waals surface area contributed by atoms with E-state index in [1.165, 1.54) is 70.4 Å². The molecule has 22 heavy (non-hydrogen) atoms. The number of piperidine rings is 1. The lowest BCUT2D eigenvalue weighted by Gasteiger charge is -2.29. The van der Waals surface area contributed by atoms with Crippen molar-refractivity contribution in [2.45, 2.75) is 38.0 Å². The molecule has 2 aliphatic rings. The van der Waals surface area contributed by atoms with Gasteiger partial charge in [0, 0.05) is 6.54 Å². The molecular formula is C18H28ClFN2. The van der Waals surface area contributed by atoms with Gasteiger partial charge in [-0.1, -0.05) is 12.1 Å². The molecule has 0 spiro atoms. The van der Waals surface area contributed by atoms with Crippen LogP contribution in [0.3, 0.4) is 0 Å². The Morgan fingerprint density at radius 3 is 2.45 bits per heavy atom. The molecule has 0 aliphatic carbocycles. The van der Waals surface area contributed by atoms with Gasteiger partial charge in [0.15, 0.2) is 0 Å². The molecule has 0 radical (unpaired) electrons. The molecule has 124 valence electrons. The molecule has 0 saturated carbocycles. The van der Waals surface area contributed by atoms with Gasteiger partial charge in [0.1, 0.15) is 5.82 Å². The summed E-state index contributed by atoms with van der Waals surface area (Å²) in [5, 5.41) is 3.45. The normalized spacial score (nSPS) is 24.5. The molecule has 2 aliphatic heterocycles. The van der Waals surface area contributed by atoms with Gasteiger partial charge in [0.25, 0.3) is 0 Å². The first-order valence-corrected chi connectivity index (χ1v) is 8.50. The van der Waals surface area contributed by atoms with Crippen molar-refractivity contribution >= 4 is 12.4 Å². The Morgan fingerprint density at radius 2 is 1.73 bits per heavy atom. The van der Waals surface area contributed by atoms with Crippen molar-refractivity contribution in [3.8, 4) is 0 Å². The predicted octanol–water partition coefficient (Wildman–Crippen LogP) is 3.82. The molecule has 0 amide bonds. The molecule has 1 unspecified atom stereocenters. The third kappa shape index (κ3) is 4.94. The number of nitrogens with zero attached hydrogens (tertiary/aromatic N) is 1. The van der Waals surface area contributed by atoms with E-state index >= 15 is 0 Å². The molecule has 3 rings (SSSR count). The van der Waals surface area contributed by atoms with Crippen molar-refractivity contribution in [1.29, 1.82) is 0 Å². The van der Waals surface area contributed by atoms with E-state index in [1.807, 2.05) is 12.1 Å². The Morgan fingerprint density at radius 1 is 1.00 bits per heavy atom. The topological polar surface area (TPSA) is 15.3 Å². The van der Waals surface area contributed by atoms with Crippen LogP contribution in [0.5, 0.6) is 0 Å². The number of rotatable bonds is 3. The Bertz CT molecular complexity index is 431. The zero-order chi connectivity index (χ0) is 14.5. The number of nitrogens with one attached hydrogen (secondary N) is 1. The van der Waals surface area contributed by atoms with Crippen molar-refractivity contribution in [3.63, 3.8) is 0 Å². The van der Waals surface area contributed by atoms with E-state index in [0.29, 0.717) is 5.92 Å². The smallest absolute Gasteiger partial charge is 0.123 e. The maximum atomic E-state index is 13.0. The lowest BCUT2D eigenvalue weighted by Crippen LogP contribution is -2.36. The van der Waals surface area contributed by atoms with Crippen molar-refractivity contribution in [3.05, 3.63) is 35.6 Å². The lowest BCUT2D eigenvalue weighted by molar-refractivity contribution is 0.211. The monoisotopic (exact) mass is 326 g/mol. The van der Waals surface area contributed by atoms with Gasteiger partial charge < -0.3 is 10.2 Å². The number of halogens is 2. The minimum absolute atomic E-state index is 0. The van der Waals surface area contributed by atoms with Gasteiger partial charge in [-0.3, -0.25) is 0 Å². The van der Waals surface area contributed by atoms with Crippen molar-refractivity contribution < 1.29 is 4.39 Å². The van der Waals surface area contributed by atoms with Gasteiger partial charge in [0.2, 0.25) is 0 Å². The van der Waals surface area contributed by atoms with Gasteiger partial charge in [-0.15, -0.1) is 12.4 Å². The summed E-state index contributed by atoms with van der Waals surface area (Å²) in [7, 11) is 0. The van der Waals surface area contributed by atoms with E-state index in [4.69, 9.17) is 0 Å². The maximum Gasteiger partial charge on any atom is 0.123 e. The van der Waals surface area contributed by atoms with Crippen LogP contribution in [0.2, 0.25) is 0 Å². The first-order valence-electron chi connectivity index (χ1n) is 8.50. The number of likely N-dealkylation sites (tertiary alicyclic amines) is 1. The molecule has 2 heterocycles. The lowest BCUT2D eigenvalue weighted by atomic mass is 9.92. The van der Waals surface area contributed by atoms with Gasteiger partial charge in [-0.2, -0.15) is 0 Å². The summed E-state index contributed by atoms with van der Waals surface area (Å²) < 4.78 is 13.0. The third-order valence-corrected chi connectivity index (χ3v) is 5.14. The van der Waals surface area contributed by atoms with Crippen molar-refractivity contribution in [2.24, 2.45) is 5.92 Å². The van der Waals surface area contributed by atoms with E-state index in [0.717, 1.165) is 5.92 Å². The summed E-state index contributed by atoms with van der Waals surface area (Å²) in [5.41, 5.74) is 1.32. The molecule has 0 aromatic heterocycles. The fourth-order valence-corrected chi connectivity index (χ4v) is 3.84. The van der Waals surface area contributed by atoms with E-state index in [2.05, 4.69) is 10.2 Å². The standard InChI is InChI=1S/C18H27FN2.ClH/c19-18-5-3-17(4-6-18)16-2-1-12-21(13-9-16)14-15-7-10-20-11-8-15;/h3-6,15-16,20H,1-2,7-14H2;1H. The number of hydrogen-bond donors (Lipinski definition) is 1. The number of benzene rings is 1. The Labute approximate surface area is 139 Å². The highest BCUT2D eigenvalue weighted by molar-refractivity contribution is 5.85. The molecule has 0 bridgehead atoms. The van der Waals surface area contributed by atoms with Crippen LogP contribution in [0.4, 0.5) is 4.39 Å². The summed E-state index contributed by atoms with van der Waals surface area (Å²) in [5.74, 6) is 1.37. The first-order chi connectivity index (χ1) is 10.3. The van der Waals surface area contributed by atoms with Crippen LogP contribution in [-0.4, -0.2) is 37.6 Å². The first kappa shape index (κ1) is 17.7. The summed E-state index contributed by atoms with van der Waals surface area (Å²) in [6.07, 6.45) is 6.40. The molecule has 1 atom stereocenters. The second-order valence-electron chi connectivity index (χ2n) is 6.67. The Hall–Kier alpha value is -0.640. The molecule has 4 heteroatoms. The van der Waals surface area contributed by atoms with Gasteiger partial charge in [-0.05, 0) is 87.8 Å². The van der Waals surface area contributed by atoms with Crippen LogP contribution < -0.4 is 5.32 Å². The quantitative estimate of drug-likeness (QED) is 0.908. The van der Waals surface area contributed by atoms with Crippen molar-refractivity contribution in [2.75, 3.05) is 32.7 Å². The Balaban J connectivity index is 0.00000176. The zero-order valence-electron chi connectivity index (χ0n) is 13.3. The summed E-state index contributed by atoms with van der Waals surface area (Å²) in [6, 6.07) is 7.16. The summed E-state index contributed by atoms with van der Waals surface area (Å²) in [4.78, 5) is 2.67. The third-order valence-electron chi connectivity index (χ3n) is 5.14. The Kier molecular flexibility index (Phi) is 7.13.